The van der Waals surface area contributed by atoms with Crippen LogP contribution in [-0.4, -0.2) is 85.7 Å². The molecule has 0 spiro atoms. The van der Waals surface area contributed by atoms with Crippen molar-refractivity contribution in [2.45, 2.75) is 78.8 Å². The molecule has 1 aliphatic heterocycles. The summed E-state index contributed by atoms with van der Waals surface area (Å²) in [6.45, 7) is 4.40. The third-order valence-electron chi connectivity index (χ3n) is 6.51. The fourth-order valence-electron chi connectivity index (χ4n) is 4.17. The largest absolute Gasteiger partial charge is 0.519 e. The average molecular weight is 655 g/mol. The number of rotatable bonds is 17. The van der Waals surface area contributed by atoms with E-state index in [2.05, 4.69) is 9.47 Å². The van der Waals surface area contributed by atoms with E-state index in [1.807, 2.05) is 0 Å². The highest BCUT2D eigenvalue weighted by molar-refractivity contribution is 5.98. The molecule has 2 rings (SSSR count). The molecular weight excluding hydrogens is 616 g/mol. The van der Waals surface area contributed by atoms with Gasteiger partial charge in [0.15, 0.2) is 6.29 Å². The van der Waals surface area contributed by atoms with Crippen LogP contribution in [0.1, 0.15) is 73.5 Å². The van der Waals surface area contributed by atoms with Crippen molar-refractivity contribution in [3.8, 4) is 11.5 Å². The van der Waals surface area contributed by atoms with Crippen molar-refractivity contribution in [1.29, 1.82) is 0 Å². The third kappa shape index (κ3) is 12.0. The molecule has 0 aromatic heterocycles. The highest BCUT2D eigenvalue weighted by Crippen LogP contribution is 2.42. The van der Waals surface area contributed by atoms with E-state index in [1.165, 1.54) is 7.11 Å². The molecule has 1 unspecified atom stereocenters. The van der Waals surface area contributed by atoms with Gasteiger partial charge in [0.2, 0.25) is 6.79 Å². The number of hydrogen-bond acceptors (Lipinski definition) is 16. The maximum Gasteiger partial charge on any atom is 0.519 e. The highest BCUT2D eigenvalue weighted by Gasteiger charge is 2.32. The molecule has 1 aromatic rings. The molecule has 16 nitrogen and oxygen atoms in total. The van der Waals surface area contributed by atoms with Crippen molar-refractivity contribution < 1.29 is 76.9 Å². The monoisotopic (exact) mass is 654 g/mol. The van der Waals surface area contributed by atoms with Crippen LogP contribution < -0.4 is 4.74 Å². The fraction of sp³-hybridized carbons (Fsp3) is 0.533. The van der Waals surface area contributed by atoms with Crippen LogP contribution in [0.2, 0.25) is 0 Å². The first-order chi connectivity index (χ1) is 21.7. The van der Waals surface area contributed by atoms with E-state index in [4.69, 9.17) is 28.4 Å². The second-order valence-electron chi connectivity index (χ2n) is 10.0. The number of phenolic OH excluding ortho intramolecular Hbond substituents is 1. The van der Waals surface area contributed by atoms with Crippen molar-refractivity contribution in [3.05, 3.63) is 33.9 Å². The molecule has 0 bridgehead atoms. The minimum Gasteiger partial charge on any atom is -0.507 e. The number of methoxy groups -OCH3 is 1. The molecule has 16 heteroatoms. The van der Waals surface area contributed by atoms with Gasteiger partial charge >= 0.3 is 36.0 Å². The zero-order valence-corrected chi connectivity index (χ0v) is 26.2. The van der Waals surface area contributed by atoms with Gasteiger partial charge in [-0.1, -0.05) is 11.6 Å². The lowest BCUT2D eigenvalue weighted by Gasteiger charge is -2.20. The summed E-state index contributed by atoms with van der Waals surface area (Å²) in [6, 6.07) is 0. The number of hydrogen-bond donors (Lipinski definition) is 2. The van der Waals surface area contributed by atoms with Crippen LogP contribution >= 0.6 is 0 Å². The Bertz CT molecular complexity index is 1310. The van der Waals surface area contributed by atoms with Crippen LogP contribution in [0.15, 0.2) is 11.6 Å². The van der Waals surface area contributed by atoms with Crippen molar-refractivity contribution in [2.75, 3.05) is 27.1 Å². The van der Waals surface area contributed by atoms with E-state index in [9.17, 15) is 39.0 Å². The predicted octanol–water partition coefficient (Wildman–Crippen LogP) is 2.44. The first-order valence-electron chi connectivity index (χ1n) is 14.1. The summed E-state index contributed by atoms with van der Waals surface area (Å²) in [4.78, 5) is 69.8. The van der Waals surface area contributed by atoms with Crippen LogP contribution in [0.5, 0.6) is 11.5 Å². The zero-order valence-electron chi connectivity index (χ0n) is 26.2. The molecule has 2 N–H and O–H groups in total. The SMILES string of the molecule is COc1c(C)c2c(c(O)c1C/C=C(\C)CCC(=O)OC(=O)OCOC(=O)CCC(O)OC(COC(C)=O)COC(C)=O)C(=O)OC2. The number of allylic oxidation sites excluding steroid dienone is 2. The van der Waals surface area contributed by atoms with Gasteiger partial charge in [0, 0.05) is 37.8 Å². The summed E-state index contributed by atoms with van der Waals surface area (Å²) in [7, 11) is 1.45. The number of ether oxygens (including phenoxy) is 8. The summed E-state index contributed by atoms with van der Waals surface area (Å²) >= 11 is 0. The van der Waals surface area contributed by atoms with E-state index in [0.717, 1.165) is 19.4 Å². The van der Waals surface area contributed by atoms with Crippen molar-refractivity contribution in [1.82, 2.24) is 0 Å². The van der Waals surface area contributed by atoms with E-state index >= 15 is 0 Å². The van der Waals surface area contributed by atoms with Crippen molar-refractivity contribution in [2.24, 2.45) is 0 Å². The number of fused-ring (bicyclic) bond motifs is 1. The lowest BCUT2D eigenvalue weighted by molar-refractivity contribution is -0.183. The molecule has 0 radical (unpaired) electrons. The Balaban J connectivity index is 1.72. The molecule has 254 valence electrons. The molecule has 1 aliphatic rings. The summed E-state index contributed by atoms with van der Waals surface area (Å²) < 4.78 is 39.1. The minimum absolute atomic E-state index is 0.0501. The molecular formula is C30H38O16. The second-order valence-corrected chi connectivity index (χ2v) is 10.0. The number of carbonyl (C=O) groups is 6. The Morgan fingerprint density at radius 2 is 1.59 bits per heavy atom. The number of aliphatic hydroxyl groups is 1. The Kier molecular flexibility index (Phi) is 14.9. The van der Waals surface area contributed by atoms with Gasteiger partial charge in [-0.05, 0) is 32.3 Å². The third-order valence-corrected chi connectivity index (χ3v) is 6.51. The Morgan fingerprint density at radius 3 is 2.20 bits per heavy atom. The molecule has 1 aromatic carbocycles. The molecule has 1 heterocycles. The van der Waals surface area contributed by atoms with E-state index < -0.39 is 55.2 Å². The number of aromatic hydroxyl groups is 1. The molecule has 0 aliphatic carbocycles. The number of aliphatic hydroxyl groups excluding tert-OH is 1. The first kappa shape index (κ1) is 37.5. The van der Waals surface area contributed by atoms with E-state index in [0.29, 0.717) is 22.4 Å². The quantitative estimate of drug-likeness (QED) is 0.0810. The lowest BCUT2D eigenvalue weighted by Crippen LogP contribution is -2.32. The van der Waals surface area contributed by atoms with Gasteiger partial charge in [0.25, 0.3) is 0 Å². The number of phenols is 1. The van der Waals surface area contributed by atoms with Gasteiger partial charge in [-0.3, -0.25) is 19.2 Å². The van der Waals surface area contributed by atoms with Gasteiger partial charge in [0.05, 0.1) is 13.5 Å². The summed E-state index contributed by atoms with van der Waals surface area (Å²) in [5.74, 6) is -3.43. The normalized spacial score (nSPS) is 12.9. The van der Waals surface area contributed by atoms with Gasteiger partial charge < -0.3 is 48.1 Å². The van der Waals surface area contributed by atoms with Gasteiger partial charge in [-0.25, -0.2) is 9.59 Å². The predicted molar refractivity (Wildman–Crippen MR) is 152 cm³/mol. The number of cyclic esters (lactones) is 1. The second kappa shape index (κ2) is 18.3. The topological polar surface area (TPSA) is 217 Å². The number of esters is 5. The van der Waals surface area contributed by atoms with Crippen LogP contribution in [0.4, 0.5) is 4.79 Å². The Morgan fingerprint density at radius 1 is 0.935 bits per heavy atom. The van der Waals surface area contributed by atoms with Crippen LogP contribution in [-0.2, 0) is 65.4 Å². The summed E-state index contributed by atoms with van der Waals surface area (Å²) in [5, 5.41) is 20.7. The van der Waals surface area contributed by atoms with Crippen LogP contribution in [0, 0.1) is 6.92 Å². The Hall–Kier alpha value is -4.70. The maximum absolute atomic E-state index is 12.1. The fourth-order valence-corrected chi connectivity index (χ4v) is 4.17. The number of carbonyl (C=O) groups excluding carboxylic acids is 6. The molecule has 0 saturated carbocycles. The highest BCUT2D eigenvalue weighted by atomic mass is 16.8. The van der Waals surface area contributed by atoms with Crippen LogP contribution in [0.3, 0.4) is 0 Å². The van der Waals surface area contributed by atoms with Crippen molar-refractivity contribution >= 4 is 36.0 Å². The van der Waals surface area contributed by atoms with Gasteiger partial charge in [-0.2, -0.15) is 0 Å². The molecule has 0 fully saturated rings. The van der Waals surface area contributed by atoms with E-state index in [1.54, 1.807) is 19.9 Å². The van der Waals surface area contributed by atoms with Crippen molar-refractivity contribution in [3.63, 3.8) is 0 Å². The van der Waals surface area contributed by atoms with Gasteiger partial charge in [0.1, 0.15) is 43.0 Å². The first-order valence-corrected chi connectivity index (χ1v) is 14.1. The molecule has 0 amide bonds. The van der Waals surface area contributed by atoms with Crippen LogP contribution in [0.25, 0.3) is 0 Å². The zero-order chi connectivity index (χ0) is 34.4. The Labute approximate surface area is 264 Å². The standard InChI is InChI=1S/C30H38O16/c1-16(6-8-21-27(36)26-22(14-42-29(26)37)17(2)28(21)39-5)7-9-25(35)46-30(38)44-15-43-23(33)10-11-24(34)45-20(12-40-18(3)31)13-41-19(4)32/h6,20,24,34,36H,7-15H2,1-5H3/b16-6+. The summed E-state index contributed by atoms with van der Waals surface area (Å²) in [6.07, 6.45) is -2.57. The van der Waals surface area contributed by atoms with E-state index in [-0.39, 0.29) is 63.2 Å². The number of benzene rings is 1. The molecule has 1 atom stereocenters. The summed E-state index contributed by atoms with van der Waals surface area (Å²) in [5.41, 5.74) is 2.47. The smallest absolute Gasteiger partial charge is 0.507 e. The molecule has 0 saturated heterocycles. The lowest BCUT2D eigenvalue weighted by atomic mass is 9.94. The minimum atomic E-state index is -1.51. The molecule has 46 heavy (non-hydrogen) atoms. The average Bonchev–Trinajstić information content (AvgIpc) is 3.39. The van der Waals surface area contributed by atoms with Gasteiger partial charge in [-0.15, -0.1) is 0 Å². The maximum atomic E-state index is 12.1.